The lowest BCUT2D eigenvalue weighted by atomic mass is 10.1. The van der Waals surface area contributed by atoms with Crippen LogP contribution in [-0.4, -0.2) is 18.9 Å². The third-order valence-electron chi connectivity index (χ3n) is 4.40. The third kappa shape index (κ3) is 3.12. The van der Waals surface area contributed by atoms with Crippen LogP contribution in [0.5, 0.6) is 0 Å². The van der Waals surface area contributed by atoms with E-state index in [0.717, 1.165) is 16.7 Å². The molecule has 4 aromatic rings. The van der Waals surface area contributed by atoms with Gasteiger partial charge in [0.2, 0.25) is 0 Å². The zero-order valence-corrected chi connectivity index (χ0v) is 15.5. The van der Waals surface area contributed by atoms with Gasteiger partial charge in [-0.25, -0.2) is 18.1 Å². The number of aryl methyl sites for hydroxylation is 2. The van der Waals surface area contributed by atoms with E-state index in [1.54, 1.807) is 31.3 Å². The van der Waals surface area contributed by atoms with Gasteiger partial charge in [-0.2, -0.15) is 5.10 Å². The van der Waals surface area contributed by atoms with Gasteiger partial charge >= 0.3 is 5.69 Å². The van der Waals surface area contributed by atoms with Crippen molar-refractivity contribution in [3.05, 3.63) is 92.3 Å². The van der Waals surface area contributed by atoms with Gasteiger partial charge in [0.05, 0.1) is 0 Å². The number of nitrogens with zero attached hydrogens (tertiary/aromatic N) is 4. The first-order valence-electron chi connectivity index (χ1n) is 8.58. The minimum absolute atomic E-state index is 0.0707. The maximum Gasteiger partial charge on any atom is 0.337 e. The Morgan fingerprint density at radius 3 is 2.21 bits per heavy atom. The van der Waals surface area contributed by atoms with Crippen LogP contribution >= 0.6 is 0 Å². The van der Waals surface area contributed by atoms with E-state index in [1.807, 2.05) is 6.07 Å². The highest BCUT2D eigenvalue weighted by Gasteiger charge is 2.21. The van der Waals surface area contributed by atoms with Gasteiger partial charge < -0.3 is 0 Å². The Morgan fingerprint density at radius 2 is 1.55 bits per heavy atom. The van der Waals surface area contributed by atoms with Crippen molar-refractivity contribution >= 4 is 11.0 Å². The standard InChI is InChI=1S/C21H14F2N4O2/c1-25-12-15-19(24-25)26(2)21(29)27(20(15)28)18-16(22)10-14(11-17(18)23)9-8-13-6-4-3-5-7-13/h3-7,10-12H,1-2H3. The molecule has 0 atom stereocenters. The average Bonchev–Trinajstić information content (AvgIpc) is 3.09. The molecule has 0 saturated carbocycles. The Morgan fingerprint density at radius 1 is 0.931 bits per heavy atom. The summed E-state index contributed by atoms with van der Waals surface area (Å²) in [5.74, 6) is 3.36. The highest BCUT2D eigenvalue weighted by atomic mass is 19.1. The summed E-state index contributed by atoms with van der Waals surface area (Å²) in [7, 11) is 2.96. The van der Waals surface area contributed by atoms with E-state index in [1.165, 1.54) is 17.9 Å². The first-order valence-corrected chi connectivity index (χ1v) is 8.58. The van der Waals surface area contributed by atoms with E-state index in [-0.39, 0.29) is 16.6 Å². The molecular formula is C21H14F2N4O2. The van der Waals surface area contributed by atoms with E-state index in [0.29, 0.717) is 10.1 Å². The third-order valence-corrected chi connectivity index (χ3v) is 4.40. The molecule has 2 aromatic carbocycles. The number of fused-ring (bicyclic) bond motifs is 1. The van der Waals surface area contributed by atoms with Crippen LogP contribution in [0, 0.1) is 23.5 Å². The van der Waals surface area contributed by atoms with Gasteiger partial charge in [0.25, 0.3) is 5.56 Å². The van der Waals surface area contributed by atoms with Gasteiger partial charge in [-0.3, -0.25) is 14.0 Å². The van der Waals surface area contributed by atoms with E-state index in [9.17, 15) is 18.4 Å². The number of hydrogen-bond donors (Lipinski definition) is 0. The number of aromatic nitrogens is 4. The molecule has 0 bridgehead atoms. The monoisotopic (exact) mass is 392 g/mol. The normalized spacial score (nSPS) is 10.8. The van der Waals surface area contributed by atoms with Gasteiger partial charge in [0.15, 0.2) is 17.3 Å². The smallest absolute Gasteiger partial charge is 0.279 e. The second-order valence-corrected chi connectivity index (χ2v) is 6.43. The lowest BCUT2D eigenvalue weighted by Crippen LogP contribution is -2.38. The van der Waals surface area contributed by atoms with Crippen molar-refractivity contribution in [3.63, 3.8) is 0 Å². The molecule has 0 radical (unpaired) electrons. The highest BCUT2D eigenvalue weighted by Crippen LogP contribution is 2.18. The van der Waals surface area contributed by atoms with Crippen LogP contribution in [0.4, 0.5) is 8.78 Å². The Labute approximate surface area is 163 Å². The second kappa shape index (κ2) is 6.87. The fourth-order valence-electron chi connectivity index (χ4n) is 3.04. The molecule has 2 heterocycles. The lowest BCUT2D eigenvalue weighted by Gasteiger charge is -2.10. The molecule has 0 fully saturated rings. The van der Waals surface area contributed by atoms with Crippen LogP contribution in [-0.2, 0) is 14.1 Å². The molecule has 0 aliphatic heterocycles. The molecule has 4 rings (SSSR count). The van der Waals surface area contributed by atoms with Crippen LogP contribution in [0.2, 0.25) is 0 Å². The van der Waals surface area contributed by atoms with E-state index in [4.69, 9.17) is 0 Å². The summed E-state index contributed by atoms with van der Waals surface area (Å²) in [6.07, 6.45) is 1.39. The van der Waals surface area contributed by atoms with E-state index < -0.39 is 28.6 Å². The van der Waals surface area contributed by atoms with Gasteiger partial charge in [-0.05, 0) is 24.3 Å². The van der Waals surface area contributed by atoms with Crippen molar-refractivity contribution in [3.8, 4) is 17.5 Å². The molecule has 29 heavy (non-hydrogen) atoms. The summed E-state index contributed by atoms with van der Waals surface area (Å²) in [5, 5.41) is 4.11. The minimum atomic E-state index is -1.06. The van der Waals surface area contributed by atoms with Crippen molar-refractivity contribution < 1.29 is 8.78 Å². The minimum Gasteiger partial charge on any atom is -0.279 e. The molecule has 0 amide bonds. The molecule has 0 spiro atoms. The first-order chi connectivity index (χ1) is 13.9. The topological polar surface area (TPSA) is 61.8 Å². The summed E-state index contributed by atoms with van der Waals surface area (Å²) in [6, 6.07) is 10.9. The quantitative estimate of drug-likeness (QED) is 0.466. The second-order valence-electron chi connectivity index (χ2n) is 6.43. The van der Waals surface area contributed by atoms with E-state index in [2.05, 4.69) is 16.9 Å². The largest absolute Gasteiger partial charge is 0.337 e. The summed E-state index contributed by atoms with van der Waals surface area (Å²) < 4.78 is 32.5. The molecule has 144 valence electrons. The summed E-state index contributed by atoms with van der Waals surface area (Å²) in [5.41, 5.74) is -1.60. The SMILES string of the molecule is Cn1cc2c(=O)n(-c3c(F)cc(C#Cc4ccccc4)cc3F)c(=O)n(C)c2n1. The van der Waals surface area contributed by atoms with Crippen molar-refractivity contribution in [2.75, 3.05) is 0 Å². The summed E-state index contributed by atoms with van der Waals surface area (Å²) in [4.78, 5) is 25.4. The molecule has 2 aromatic heterocycles. The summed E-state index contributed by atoms with van der Waals surface area (Å²) >= 11 is 0. The Kier molecular flexibility index (Phi) is 4.35. The van der Waals surface area contributed by atoms with Gasteiger partial charge in [0, 0.05) is 31.4 Å². The molecule has 0 aliphatic rings. The van der Waals surface area contributed by atoms with Crippen LogP contribution in [0.3, 0.4) is 0 Å². The van der Waals surface area contributed by atoms with Crippen molar-refractivity contribution in [2.45, 2.75) is 0 Å². The molecular weight excluding hydrogens is 378 g/mol. The maximum atomic E-state index is 14.8. The van der Waals surface area contributed by atoms with Gasteiger partial charge in [0.1, 0.15) is 11.1 Å². The summed E-state index contributed by atoms with van der Waals surface area (Å²) in [6.45, 7) is 0. The van der Waals surface area contributed by atoms with Gasteiger partial charge in [-0.1, -0.05) is 30.0 Å². The van der Waals surface area contributed by atoms with Crippen LogP contribution < -0.4 is 11.2 Å². The molecule has 0 saturated heterocycles. The van der Waals surface area contributed by atoms with Crippen LogP contribution in [0.25, 0.3) is 16.7 Å². The first kappa shape index (κ1) is 18.4. The number of halogens is 2. The van der Waals surface area contributed by atoms with Crippen molar-refractivity contribution in [2.24, 2.45) is 14.1 Å². The fraction of sp³-hybridized carbons (Fsp3) is 0.0952. The molecule has 0 N–H and O–H groups in total. The predicted octanol–water partition coefficient (Wildman–Crippen LogP) is 2.10. The Hall–Kier alpha value is -3.99. The molecule has 0 unspecified atom stereocenters. The van der Waals surface area contributed by atoms with Crippen molar-refractivity contribution in [1.29, 1.82) is 0 Å². The number of hydrogen-bond acceptors (Lipinski definition) is 3. The predicted molar refractivity (Wildman–Crippen MR) is 104 cm³/mol. The highest BCUT2D eigenvalue weighted by molar-refractivity contribution is 5.73. The van der Waals surface area contributed by atoms with Crippen molar-refractivity contribution in [1.82, 2.24) is 18.9 Å². The fourth-order valence-corrected chi connectivity index (χ4v) is 3.04. The zero-order valence-electron chi connectivity index (χ0n) is 15.5. The molecule has 8 heteroatoms. The van der Waals surface area contributed by atoms with Crippen LogP contribution in [0.15, 0.2) is 58.3 Å². The molecule has 6 nitrogen and oxygen atoms in total. The zero-order chi connectivity index (χ0) is 20.7. The lowest BCUT2D eigenvalue weighted by molar-refractivity contribution is 0.558. The Bertz CT molecular complexity index is 1410. The Balaban J connectivity index is 1.91. The maximum absolute atomic E-state index is 14.8. The van der Waals surface area contributed by atoms with Gasteiger partial charge in [-0.15, -0.1) is 0 Å². The van der Waals surface area contributed by atoms with Crippen LogP contribution in [0.1, 0.15) is 11.1 Å². The molecule has 0 aliphatic carbocycles. The average molecular weight is 392 g/mol. The number of rotatable bonds is 1. The van der Waals surface area contributed by atoms with E-state index >= 15 is 0 Å². The number of benzene rings is 2.